The zero-order chi connectivity index (χ0) is 20.9. The van der Waals surface area contributed by atoms with Crippen LogP contribution in [0.3, 0.4) is 0 Å². The van der Waals surface area contributed by atoms with Crippen LogP contribution in [0.15, 0.2) is 29.3 Å². The summed E-state index contributed by atoms with van der Waals surface area (Å²) < 4.78 is 28.4. The van der Waals surface area contributed by atoms with Gasteiger partial charge in [-0.25, -0.2) is 13.8 Å². The van der Waals surface area contributed by atoms with Crippen molar-refractivity contribution in [2.45, 2.75) is 19.1 Å². The van der Waals surface area contributed by atoms with Crippen LogP contribution in [0.25, 0.3) is 21.3 Å². The van der Waals surface area contributed by atoms with E-state index in [-0.39, 0.29) is 36.0 Å². The molecule has 0 aliphatic carbocycles. The van der Waals surface area contributed by atoms with Gasteiger partial charge in [0.05, 0.1) is 34.7 Å². The number of thiophene rings is 1. The molecule has 5 nitrogen and oxygen atoms in total. The summed E-state index contributed by atoms with van der Waals surface area (Å²) in [6, 6.07) is 4.06. The fourth-order valence-electron chi connectivity index (χ4n) is 3.34. The molecule has 148 valence electrons. The first-order valence-corrected chi connectivity index (χ1v) is 9.80. The van der Waals surface area contributed by atoms with E-state index in [1.807, 2.05) is 0 Å². The number of fused-ring (bicyclic) bond motifs is 1. The Morgan fingerprint density at radius 1 is 1.45 bits per heavy atom. The fourth-order valence-corrected chi connectivity index (χ4v) is 4.49. The van der Waals surface area contributed by atoms with Crippen LogP contribution in [0.1, 0.15) is 11.8 Å². The maximum atomic E-state index is 13.7. The summed E-state index contributed by atoms with van der Waals surface area (Å²) in [5.41, 5.74) is -0.948. The van der Waals surface area contributed by atoms with Crippen LogP contribution in [0.2, 0.25) is 5.02 Å². The molecule has 0 bridgehead atoms. The van der Waals surface area contributed by atoms with Gasteiger partial charge in [-0.15, -0.1) is 17.8 Å². The Morgan fingerprint density at radius 2 is 2.17 bits per heavy atom. The second-order valence-electron chi connectivity index (χ2n) is 7.10. The maximum Gasteiger partial charge on any atom is 0.263 e. The number of carbonyl (C=O) groups excluding carboxylic acids is 1. The van der Waals surface area contributed by atoms with Crippen molar-refractivity contribution in [3.8, 4) is 23.5 Å². The van der Waals surface area contributed by atoms with Crippen molar-refractivity contribution in [3.63, 3.8) is 0 Å². The van der Waals surface area contributed by atoms with Crippen molar-refractivity contribution in [1.82, 2.24) is 14.5 Å². The van der Waals surface area contributed by atoms with Crippen molar-refractivity contribution in [2.24, 2.45) is 0 Å². The quantitative estimate of drug-likeness (QED) is 0.594. The third-order valence-corrected chi connectivity index (χ3v) is 6.04. The fraction of sp³-hybridized carbons (Fsp3) is 0.250. The van der Waals surface area contributed by atoms with E-state index in [4.69, 9.17) is 18.0 Å². The average molecular weight is 434 g/mol. The molecule has 29 heavy (non-hydrogen) atoms. The van der Waals surface area contributed by atoms with Crippen LogP contribution in [-0.4, -0.2) is 39.1 Å². The standard InChI is InChI=1S/C20H14ClF2N3O2S/c1-3-14-16(11-4-5-13(22)12(21)6-11)17-18(29-14)24-10-25(19(17)28)7-15(27)26-8-20(2,23)9-26/h1,4-6,10H,7-9H2,2H3. The van der Waals surface area contributed by atoms with Crippen LogP contribution in [0, 0.1) is 18.2 Å². The van der Waals surface area contributed by atoms with E-state index in [0.717, 1.165) is 11.3 Å². The lowest BCUT2D eigenvalue weighted by Crippen LogP contribution is -2.60. The predicted molar refractivity (Wildman–Crippen MR) is 108 cm³/mol. The summed E-state index contributed by atoms with van der Waals surface area (Å²) in [4.78, 5) is 31.9. The molecule has 3 heterocycles. The van der Waals surface area contributed by atoms with Crippen LogP contribution >= 0.6 is 22.9 Å². The van der Waals surface area contributed by atoms with E-state index in [1.165, 1.54) is 40.9 Å². The number of aromatic nitrogens is 2. The minimum atomic E-state index is -1.40. The minimum absolute atomic E-state index is 0.00468. The third kappa shape index (κ3) is 3.41. The number of hydrogen-bond acceptors (Lipinski definition) is 4. The van der Waals surface area contributed by atoms with E-state index in [0.29, 0.717) is 20.8 Å². The summed E-state index contributed by atoms with van der Waals surface area (Å²) in [6.45, 7) is 1.15. The number of carbonyl (C=O) groups is 1. The van der Waals surface area contributed by atoms with Gasteiger partial charge in [0.2, 0.25) is 5.91 Å². The Labute approximate surface area is 173 Å². The average Bonchev–Trinajstić information content (AvgIpc) is 3.03. The first-order valence-electron chi connectivity index (χ1n) is 8.61. The second-order valence-corrected chi connectivity index (χ2v) is 8.51. The summed E-state index contributed by atoms with van der Waals surface area (Å²) >= 11 is 7.04. The highest BCUT2D eigenvalue weighted by atomic mass is 35.5. The first-order chi connectivity index (χ1) is 13.7. The molecule has 1 aliphatic rings. The number of rotatable bonds is 3. The van der Waals surface area contributed by atoms with Gasteiger partial charge in [-0.3, -0.25) is 14.2 Å². The molecular formula is C20H14ClF2N3O2S. The second kappa shape index (κ2) is 6.94. The molecule has 2 aromatic heterocycles. The highest BCUT2D eigenvalue weighted by Gasteiger charge is 2.41. The van der Waals surface area contributed by atoms with E-state index < -0.39 is 17.0 Å². The molecule has 1 aromatic carbocycles. The Kier molecular flexibility index (Phi) is 4.68. The van der Waals surface area contributed by atoms with Gasteiger partial charge in [-0.1, -0.05) is 23.6 Å². The zero-order valence-corrected chi connectivity index (χ0v) is 16.8. The molecule has 1 saturated heterocycles. The molecule has 0 radical (unpaired) electrons. The van der Waals surface area contributed by atoms with Crippen LogP contribution < -0.4 is 5.56 Å². The molecule has 0 unspecified atom stereocenters. The van der Waals surface area contributed by atoms with E-state index in [1.54, 1.807) is 0 Å². The zero-order valence-electron chi connectivity index (χ0n) is 15.2. The predicted octanol–water partition coefficient (Wildman–Crippen LogP) is 3.47. The topological polar surface area (TPSA) is 55.2 Å². The molecule has 1 fully saturated rings. The number of nitrogens with zero attached hydrogens (tertiary/aromatic N) is 3. The van der Waals surface area contributed by atoms with Gasteiger partial charge in [-0.2, -0.15) is 0 Å². The highest BCUT2D eigenvalue weighted by Crippen LogP contribution is 2.37. The Bertz CT molecular complexity index is 1250. The monoisotopic (exact) mass is 433 g/mol. The maximum absolute atomic E-state index is 13.7. The molecule has 1 amide bonds. The first kappa shape index (κ1) is 19.6. The van der Waals surface area contributed by atoms with Crippen molar-refractivity contribution >= 4 is 39.1 Å². The largest absolute Gasteiger partial charge is 0.335 e. The van der Waals surface area contributed by atoms with Gasteiger partial charge in [0.1, 0.15) is 22.9 Å². The number of halogens is 3. The molecule has 0 N–H and O–H groups in total. The number of amides is 1. The normalized spacial score (nSPS) is 15.2. The van der Waals surface area contributed by atoms with Crippen LogP contribution in [0.5, 0.6) is 0 Å². The lowest BCUT2D eigenvalue weighted by Gasteiger charge is -2.42. The molecular weight excluding hydrogens is 420 g/mol. The highest BCUT2D eigenvalue weighted by molar-refractivity contribution is 7.19. The Balaban J connectivity index is 1.79. The van der Waals surface area contributed by atoms with Crippen molar-refractivity contribution in [1.29, 1.82) is 0 Å². The summed E-state index contributed by atoms with van der Waals surface area (Å²) in [5.74, 6) is 1.56. The number of benzene rings is 1. The molecule has 0 saturated carbocycles. The van der Waals surface area contributed by atoms with Crippen molar-refractivity contribution < 1.29 is 13.6 Å². The number of likely N-dealkylation sites (tertiary alicyclic amines) is 1. The van der Waals surface area contributed by atoms with E-state index in [2.05, 4.69) is 10.9 Å². The van der Waals surface area contributed by atoms with Gasteiger partial charge >= 0.3 is 0 Å². The van der Waals surface area contributed by atoms with Gasteiger partial charge in [0, 0.05) is 5.56 Å². The van der Waals surface area contributed by atoms with Gasteiger partial charge < -0.3 is 4.90 Å². The number of alkyl halides is 1. The smallest absolute Gasteiger partial charge is 0.263 e. The molecule has 0 spiro atoms. The van der Waals surface area contributed by atoms with Gasteiger partial charge in [-0.05, 0) is 24.6 Å². The van der Waals surface area contributed by atoms with Crippen LogP contribution in [-0.2, 0) is 11.3 Å². The van der Waals surface area contributed by atoms with Crippen LogP contribution in [0.4, 0.5) is 8.78 Å². The summed E-state index contributed by atoms with van der Waals surface area (Å²) in [7, 11) is 0. The minimum Gasteiger partial charge on any atom is -0.335 e. The SMILES string of the molecule is C#Cc1sc2ncn(CC(=O)N3CC(C)(F)C3)c(=O)c2c1-c1ccc(F)c(Cl)c1. The molecule has 0 atom stereocenters. The molecule has 9 heteroatoms. The van der Waals surface area contributed by atoms with E-state index in [9.17, 15) is 18.4 Å². The summed E-state index contributed by atoms with van der Waals surface area (Å²) in [6.07, 6.45) is 6.87. The molecule has 1 aliphatic heterocycles. The van der Waals surface area contributed by atoms with Crippen molar-refractivity contribution in [2.75, 3.05) is 13.1 Å². The van der Waals surface area contributed by atoms with Gasteiger partial charge in [0.15, 0.2) is 0 Å². The molecule has 3 aromatic rings. The summed E-state index contributed by atoms with van der Waals surface area (Å²) in [5, 5.41) is 0.135. The Morgan fingerprint density at radius 3 is 2.79 bits per heavy atom. The lowest BCUT2D eigenvalue weighted by atomic mass is 9.99. The Hall–Kier alpha value is -2.76. The van der Waals surface area contributed by atoms with Crippen molar-refractivity contribution in [3.05, 3.63) is 50.6 Å². The van der Waals surface area contributed by atoms with Gasteiger partial charge in [0.25, 0.3) is 5.56 Å². The third-order valence-electron chi connectivity index (χ3n) is 4.72. The number of hydrogen-bond donors (Lipinski definition) is 0. The molecule has 4 rings (SSSR count). The number of terminal acetylenes is 1. The van der Waals surface area contributed by atoms with E-state index >= 15 is 0 Å². The lowest BCUT2D eigenvalue weighted by molar-refractivity contribution is -0.144.